The molecule has 0 spiro atoms. The topological polar surface area (TPSA) is 79.2 Å². The quantitative estimate of drug-likeness (QED) is 0.612. The molecule has 1 N–H and O–H groups in total. The summed E-state index contributed by atoms with van der Waals surface area (Å²) in [7, 11) is 0. The molecule has 0 aromatic heterocycles. The van der Waals surface area contributed by atoms with E-state index in [0.717, 1.165) is 16.3 Å². The number of carboxylic acids is 1. The molecule has 0 unspecified atom stereocenters. The van der Waals surface area contributed by atoms with Crippen LogP contribution in [0.3, 0.4) is 0 Å². The molecule has 0 atom stereocenters. The van der Waals surface area contributed by atoms with Crippen LogP contribution in [0.25, 0.3) is 6.08 Å². The van der Waals surface area contributed by atoms with Crippen LogP contribution in [0.4, 0.5) is 0 Å². The first-order chi connectivity index (χ1) is 14.8. The zero-order valence-electron chi connectivity index (χ0n) is 18.0. The van der Waals surface area contributed by atoms with Crippen molar-refractivity contribution in [1.29, 1.82) is 0 Å². The Morgan fingerprint density at radius 2 is 1.81 bits per heavy atom. The van der Waals surface area contributed by atoms with Crippen molar-refractivity contribution in [3.05, 3.63) is 70.1 Å². The van der Waals surface area contributed by atoms with Gasteiger partial charge in [0.25, 0.3) is 5.91 Å². The summed E-state index contributed by atoms with van der Waals surface area (Å²) in [4.78, 5) is 30.9. The number of hydrogen-bond donors (Lipinski definition) is 1. The van der Waals surface area contributed by atoms with Crippen molar-refractivity contribution in [2.24, 2.45) is 4.99 Å². The Kier molecular flexibility index (Phi) is 7.17. The van der Waals surface area contributed by atoms with Crippen molar-refractivity contribution in [3.63, 3.8) is 0 Å². The molecule has 3 rings (SSSR count). The number of aromatic carboxylic acids is 1. The number of nitrogens with zero attached hydrogens (tertiary/aromatic N) is 2. The predicted octanol–water partition coefficient (Wildman–Crippen LogP) is 5.05. The highest BCUT2D eigenvalue weighted by Gasteiger charge is 2.35. The summed E-state index contributed by atoms with van der Waals surface area (Å²) in [6.45, 7) is 8.22. The van der Waals surface area contributed by atoms with Crippen molar-refractivity contribution in [2.75, 3.05) is 0 Å². The highest BCUT2D eigenvalue weighted by atomic mass is 32.2. The Bertz CT molecular complexity index is 1030. The number of rotatable bonds is 7. The Hall–Kier alpha value is -3.06. The number of carbonyl (C=O) groups excluding carboxylic acids is 1. The fourth-order valence-corrected chi connectivity index (χ4v) is 4.25. The Labute approximate surface area is 186 Å². The van der Waals surface area contributed by atoms with Gasteiger partial charge in [0.05, 0.1) is 10.5 Å². The fraction of sp³-hybridized carbons (Fsp3) is 0.292. The predicted molar refractivity (Wildman–Crippen MR) is 124 cm³/mol. The molecule has 0 saturated carbocycles. The van der Waals surface area contributed by atoms with Crippen LogP contribution in [0.2, 0.25) is 0 Å². The standard InChI is InChI=1S/C24H26N2O4S/c1-15(2)25-24-26(16(3)4)22(27)21(31-24)13-19-7-5-6-8-20(19)30-14-17-9-11-18(12-10-17)23(28)29/h5-13,15-16H,14H2,1-4H3,(H,28,29)/b21-13+,25-24?. The van der Waals surface area contributed by atoms with Gasteiger partial charge in [0.1, 0.15) is 12.4 Å². The van der Waals surface area contributed by atoms with Gasteiger partial charge in [0.15, 0.2) is 5.17 Å². The van der Waals surface area contributed by atoms with Crippen LogP contribution in [-0.2, 0) is 11.4 Å². The molecular weight excluding hydrogens is 412 g/mol. The van der Waals surface area contributed by atoms with E-state index in [1.807, 2.05) is 58.0 Å². The molecule has 1 saturated heterocycles. The summed E-state index contributed by atoms with van der Waals surface area (Å²) < 4.78 is 5.98. The third kappa shape index (κ3) is 5.55. The molecular formula is C24H26N2O4S. The Balaban J connectivity index is 1.82. The lowest BCUT2D eigenvalue weighted by molar-refractivity contribution is -0.123. The molecule has 2 aromatic carbocycles. The zero-order chi connectivity index (χ0) is 22.5. The van der Waals surface area contributed by atoms with Gasteiger partial charge in [-0.3, -0.25) is 14.7 Å². The van der Waals surface area contributed by atoms with E-state index in [1.54, 1.807) is 29.2 Å². The smallest absolute Gasteiger partial charge is 0.335 e. The van der Waals surface area contributed by atoms with Crippen LogP contribution in [0, 0.1) is 0 Å². The monoisotopic (exact) mass is 438 g/mol. The lowest BCUT2D eigenvalue weighted by Gasteiger charge is -2.20. The summed E-state index contributed by atoms with van der Waals surface area (Å²) in [6, 6.07) is 14.2. The number of amides is 1. The average molecular weight is 439 g/mol. The van der Waals surface area contributed by atoms with Crippen LogP contribution in [0.15, 0.2) is 58.4 Å². The number of para-hydroxylation sites is 1. The van der Waals surface area contributed by atoms with E-state index in [2.05, 4.69) is 4.99 Å². The first kappa shape index (κ1) is 22.6. The van der Waals surface area contributed by atoms with Crippen molar-refractivity contribution in [2.45, 2.75) is 46.4 Å². The highest BCUT2D eigenvalue weighted by molar-refractivity contribution is 8.18. The summed E-state index contributed by atoms with van der Waals surface area (Å²) in [6.07, 6.45) is 1.84. The van der Waals surface area contributed by atoms with Gasteiger partial charge < -0.3 is 9.84 Å². The minimum Gasteiger partial charge on any atom is -0.488 e. The van der Waals surface area contributed by atoms with E-state index < -0.39 is 5.97 Å². The second-order valence-corrected chi connectivity index (χ2v) is 8.72. The SMILES string of the molecule is CC(C)N=C1S/C(=C/c2ccccc2OCc2ccc(C(=O)O)cc2)C(=O)N1C(C)C. The minimum absolute atomic E-state index is 0.0173. The second-order valence-electron chi connectivity index (χ2n) is 7.71. The van der Waals surface area contributed by atoms with E-state index in [4.69, 9.17) is 9.84 Å². The summed E-state index contributed by atoms with van der Waals surface area (Å²) in [5.74, 6) is -0.367. The minimum atomic E-state index is -0.959. The molecule has 1 amide bonds. The normalized spacial score (nSPS) is 16.7. The van der Waals surface area contributed by atoms with Crippen molar-refractivity contribution in [3.8, 4) is 5.75 Å². The van der Waals surface area contributed by atoms with Gasteiger partial charge in [0.2, 0.25) is 0 Å². The number of thioether (sulfide) groups is 1. The lowest BCUT2D eigenvalue weighted by Crippen LogP contribution is -2.35. The van der Waals surface area contributed by atoms with E-state index >= 15 is 0 Å². The van der Waals surface area contributed by atoms with Crippen molar-refractivity contribution >= 4 is 34.9 Å². The molecule has 6 nitrogen and oxygen atoms in total. The van der Waals surface area contributed by atoms with Crippen LogP contribution < -0.4 is 4.74 Å². The maximum atomic E-state index is 13.0. The van der Waals surface area contributed by atoms with E-state index in [1.165, 1.54) is 11.8 Å². The van der Waals surface area contributed by atoms with Crippen LogP contribution >= 0.6 is 11.8 Å². The summed E-state index contributed by atoms with van der Waals surface area (Å²) >= 11 is 1.38. The molecule has 7 heteroatoms. The molecule has 162 valence electrons. The molecule has 0 radical (unpaired) electrons. The Morgan fingerprint density at radius 1 is 1.13 bits per heavy atom. The van der Waals surface area contributed by atoms with Crippen molar-refractivity contribution in [1.82, 2.24) is 4.90 Å². The van der Waals surface area contributed by atoms with Gasteiger partial charge >= 0.3 is 5.97 Å². The maximum Gasteiger partial charge on any atom is 0.335 e. The number of aliphatic imine (C=N–C) groups is 1. The zero-order valence-corrected chi connectivity index (χ0v) is 18.8. The number of carboxylic acid groups (broad SMARTS) is 1. The molecule has 0 bridgehead atoms. The summed E-state index contributed by atoms with van der Waals surface area (Å²) in [5.41, 5.74) is 1.89. The molecule has 0 aliphatic carbocycles. The lowest BCUT2D eigenvalue weighted by atomic mass is 10.1. The van der Waals surface area contributed by atoms with E-state index in [-0.39, 0.29) is 23.6 Å². The van der Waals surface area contributed by atoms with Gasteiger partial charge in [-0.25, -0.2) is 4.79 Å². The van der Waals surface area contributed by atoms with Crippen LogP contribution in [-0.4, -0.2) is 39.1 Å². The molecule has 1 aliphatic heterocycles. The first-order valence-electron chi connectivity index (χ1n) is 10.1. The Morgan fingerprint density at radius 3 is 2.42 bits per heavy atom. The maximum absolute atomic E-state index is 13.0. The number of ether oxygens (including phenoxy) is 1. The molecule has 31 heavy (non-hydrogen) atoms. The fourth-order valence-electron chi connectivity index (χ4n) is 3.03. The number of amidine groups is 1. The van der Waals surface area contributed by atoms with E-state index in [0.29, 0.717) is 17.3 Å². The van der Waals surface area contributed by atoms with Gasteiger partial charge in [-0.1, -0.05) is 30.3 Å². The first-order valence-corrected chi connectivity index (χ1v) is 10.9. The molecule has 1 aliphatic rings. The van der Waals surface area contributed by atoms with Gasteiger partial charge in [-0.2, -0.15) is 0 Å². The van der Waals surface area contributed by atoms with Gasteiger partial charge in [-0.05, 0) is 69.3 Å². The van der Waals surface area contributed by atoms with Crippen LogP contribution in [0.5, 0.6) is 5.75 Å². The second kappa shape index (κ2) is 9.83. The average Bonchev–Trinajstić information content (AvgIpc) is 3.01. The van der Waals surface area contributed by atoms with Gasteiger partial charge in [-0.15, -0.1) is 0 Å². The third-order valence-corrected chi connectivity index (χ3v) is 5.52. The van der Waals surface area contributed by atoms with Gasteiger partial charge in [0, 0.05) is 17.6 Å². The molecule has 2 aromatic rings. The number of hydrogen-bond acceptors (Lipinski definition) is 5. The van der Waals surface area contributed by atoms with Crippen molar-refractivity contribution < 1.29 is 19.4 Å². The van der Waals surface area contributed by atoms with Crippen LogP contribution in [0.1, 0.15) is 49.2 Å². The number of benzene rings is 2. The van der Waals surface area contributed by atoms with E-state index in [9.17, 15) is 9.59 Å². The highest BCUT2D eigenvalue weighted by Crippen LogP contribution is 2.35. The number of carbonyl (C=O) groups is 2. The summed E-state index contributed by atoms with van der Waals surface area (Å²) in [5, 5.41) is 9.74. The largest absolute Gasteiger partial charge is 0.488 e. The third-order valence-electron chi connectivity index (χ3n) is 4.52. The molecule has 1 heterocycles. The molecule has 1 fully saturated rings.